The van der Waals surface area contributed by atoms with E-state index in [1.807, 2.05) is 0 Å². The fraction of sp³-hybridized carbons (Fsp3) is 0.458. The lowest BCUT2D eigenvalue weighted by molar-refractivity contribution is 0.122. The minimum Gasteiger partial charge on any atom is -0.493 e. The highest BCUT2D eigenvalue weighted by Crippen LogP contribution is 2.25. The zero-order valence-electron chi connectivity index (χ0n) is 18.2. The number of hydrogen-bond donors (Lipinski definition) is 2. The Morgan fingerprint density at radius 3 is 2.55 bits per heavy atom. The largest absolute Gasteiger partial charge is 0.493 e. The van der Waals surface area contributed by atoms with E-state index in [-0.39, 0.29) is 24.0 Å². The molecule has 2 aromatic rings. The molecule has 4 rings (SSSR count). The first-order chi connectivity index (χ1) is 14.8. The third-order valence-electron chi connectivity index (χ3n) is 5.54. The summed E-state index contributed by atoms with van der Waals surface area (Å²) in [5.74, 6) is 1.90. The average molecular weight is 536 g/mol. The number of halogens is 1. The van der Waals surface area contributed by atoms with Crippen LogP contribution in [0.5, 0.6) is 5.75 Å². The Kier molecular flexibility index (Phi) is 9.27. The van der Waals surface area contributed by atoms with Gasteiger partial charge in [0.2, 0.25) is 0 Å². The molecule has 2 heterocycles. The number of guanidine groups is 1. The number of rotatable bonds is 7. The Morgan fingerprint density at radius 2 is 1.77 bits per heavy atom. The molecule has 0 unspecified atom stereocenters. The molecule has 1 saturated heterocycles. The molecule has 0 aliphatic carbocycles. The summed E-state index contributed by atoms with van der Waals surface area (Å²) in [5, 5.41) is 6.80. The molecule has 6 nitrogen and oxygen atoms in total. The number of fused-ring (bicyclic) bond motifs is 1. The second-order valence-corrected chi connectivity index (χ2v) is 7.68. The fourth-order valence-electron chi connectivity index (χ4n) is 3.87. The van der Waals surface area contributed by atoms with Crippen LogP contribution in [-0.4, -0.2) is 52.0 Å². The molecule has 31 heavy (non-hydrogen) atoms. The van der Waals surface area contributed by atoms with E-state index >= 15 is 0 Å². The molecule has 2 aliphatic rings. The molecule has 2 aromatic carbocycles. The van der Waals surface area contributed by atoms with Crippen LogP contribution in [0.3, 0.4) is 0 Å². The maximum absolute atomic E-state index is 5.59. The first-order valence-corrected chi connectivity index (χ1v) is 11.0. The number of benzene rings is 2. The molecule has 0 bridgehead atoms. The van der Waals surface area contributed by atoms with Crippen molar-refractivity contribution in [1.82, 2.24) is 10.6 Å². The zero-order chi connectivity index (χ0) is 20.6. The molecule has 1 fully saturated rings. The fourth-order valence-corrected chi connectivity index (χ4v) is 3.87. The predicted molar refractivity (Wildman–Crippen MR) is 137 cm³/mol. The van der Waals surface area contributed by atoms with Crippen LogP contribution in [0.15, 0.2) is 47.5 Å². The van der Waals surface area contributed by atoms with E-state index in [2.05, 4.69) is 64.9 Å². The van der Waals surface area contributed by atoms with Gasteiger partial charge in [-0.15, -0.1) is 24.0 Å². The van der Waals surface area contributed by atoms with Crippen molar-refractivity contribution < 1.29 is 9.47 Å². The SMILES string of the molecule is CCNC(=NCc1ccc(N2CCOCC2)cc1)NCCc1ccc2c(c1)CCO2.I. The molecule has 0 radical (unpaired) electrons. The number of nitrogens with zero attached hydrogens (tertiary/aromatic N) is 2. The van der Waals surface area contributed by atoms with Gasteiger partial charge < -0.3 is 25.0 Å². The van der Waals surface area contributed by atoms with Gasteiger partial charge in [-0.2, -0.15) is 0 Å². The van der Waals surface area contributed by atoms with E-state index < -0.39 is 0 Å². The first kappa shape index (κ1) is 23.7. The molecule has 0 atom stereocenters. The summed E-state index contributed by atoms with van der Waals surface area (Å²) in [4.78, 5) is 7.12. The molecule has 168 valence electrons. The summed E-state index contributed by atoms with van der Waals surface area (Å²) < 4.78 is 11.0. The van der Waals surface area contributed by atoms with Crippen LogP contribution in [-0.2, 0) is 24.1 Å². The van der Waals surface area contributed by atoms with Crippen LogP contribution < -0.4 is 20.3 Å². The van der Waals surface area contributed by atoms with Gasteiger partial charge in [-0.05, 0) is 48.2 Å². The lowest BCUT2D eigenvalue weighted by atomic mass is 10.1. The number of morpholine rings is 1. The Bertz CT molecular complexity index is 851. The molecular weight excluding hydrogens is 503 g/mol. The average Bonchev–Trinajstić information content (AvgIpc) is 3.26. The van der Waals surface area contributed by atoms with Gasteiger partial charge in [0.15, 0.2) is 5.96 Å². The number of hydrogen-bond acceptors (Lipinski definition) is 4. The van der Waals surface area contributed by atoms with E-state index in [9.17, 15) is 0 Å². The zero-order valence-corrected chi connectivity index (χ0v) is 20.6. The second-order valence-electron chi connectivity index (χ2n) is 7.68. The van der Waals surface area contributed by atoms with E-state index in [0.717, 1.165) is 70.6 Å². The predicted octanol–water partition coefficient (Wildman–Crippen LogP) is 3.37. The van der Waals surface area contributed by atoms with Gasteiger partial charge in [0.1, 0.15) is 5.75 Å². The minimum atomic E-state index is 0. The van der Waals surface area contributed by atoms with Crippen molar-refractivity contribution in [2.45, 2.75) is 26.3 Å². The number of nitrogens with one attached hydrogen (secondary N) is 2. The van der Waals surface area contributed by atoms with Crippen molar-refractivity contribution in [1.29, 1.82) is 0 Å². The summed E-state index contributed by atoms with van der Waals surface area (Å²) in [6, 6.07) is 15.2. The quantitative estimate of drug-likeness (QED) is 0.323. The van der Waals surface area contributed by atoms with Crippen LogP contribution in [0.2, 0.25) is 0 Å². The summed E-state index contributed by atoms with van der Waals surface area (Å²) in [7, 11) is 0. The van der Waals surface area contributed by atoms with Gasteiger partial charge >= 0.3 is 0 Å². The molecule has 0 spiro atoms. The van der Waals surface area contributed by atoms with Crippen LogP contribution >= 0.6 is 24.0 Å². The van der Waals surface area contributed by atoms with Crippen LogP contribution in [0.4, 0.5) is 5.69 Å². The lowest BCUT2D eigenvalue weighted by Gasteiger charge is -2.28. The van der Waals surface area contributed by atoms with Gasteiger partial charge in [-0.3, -0.25) is 0 Å². The van der Waals surface area contributed by atoms with E-state index in [0.29, 0.717) is 6.54 Å². The van der Waals surface area contributed by atoms with Crippen LogP contribution in [0.25, 0.3) is 0 Å². The third-order valence-corrected chi connectivity index (χ3v) is 5.54. The number of anilines is 1. The van der Waals surface area contributed by atoms with Gasteiger partial charge in [-0.25, -0.2) is 4.99 Å². The highest BCUT2D eigenvalue weighted by Gasteiger charge is 2.12. The van der Waals surface area contributed by atoms with Crippen molar-refractivity contribution in [3.63, 3.8) is 0 Å². The number of ether oxygens (including phenoxy) is 2. The highest BCUT2D eigenvalue weighted by molar-refractivity contribution is 14.0. The Balaban J connectivity index is 0.00000272. The van der Waals surface area contributed by atoms with Gasteiger partial charge in [0.05, 0.1) is 26.4 Å². The highest BCUT2D eigenvalue weighted by atomic mass is 127. The molecule has 7 heteroatoms. The summed E-state index contributed by atoms with van der Waals surface area (Å²) in [5.41, 5.74) is 5.13. The maximum atomic E-state index is 5.59. The van der Waals surface area contributed by atoms with Crippen molar-refractivity contribution in [2.24, 2.45) is 4.99 Å². The standard InChI is InChI=1S/C24H32N4O2.HI/c1-2-25-24(26-11-9-19-5-8-23-21(17-19)10-14-30-23)27-18-20-3-6-22(7-4-20)28-12-15-29-16-13-28;/h3-8,17H,2,9-16,18H2,1H3,(H2,25,26,27);1H. The van der Waals surface area contributed by atoms with Gasteiger partial charge in [0.25, 0.3) is 0 Å². The molecule has 2 aliphatic heterocycles. The third kappa shape index (κ3) is 6.74. The molecule has 2 N–H and O–H groups in total. The summed E-state index contributed by atoms with van der Waals surface area (Å²) >= 11 is 0. The maximum Gasteiger partial charge on any atom is 0.191 e. The van der Waals surface area contributed by atoms with E-state index in [4.69, 9.17) is 14.5 Å². The minimum absolute atomic E-state index is 0. The Labute approximate surface area is 202 Å². The van der Waals surface area contributed by atoms with Crippen molar-refractivity contribution >= 4 is 35.6 Å². The van der Waals surface area contributed by atoms with Crippen molar-refractivity contribution in [2.75, 3.05) is 50.9 Å². The Hall–Kier alpha value is -2.00. The smallest absolute Gasteiger partial charge is 0.191 e. The van der Waals surface area contributed by atoms with E-state index in [1.54, 1.807) is 0 Å². The van der Waals surface area contributed by atoms with E-state index in [1.165, 1.54) is 22.4 Å². The monoisotopic (exact) mass is 536 g/mol. The van der Waals surface area contributed by atoms with Gasteiger partial charge in [-0.1, -0.05) is 24.3 Å². The van der Waals surface area contributed by atoms with Crippen molar-refractivity contribution in [3.8, 4) is 5.75 Å². The molecule has 0 amide bonds. The van der Waals surface area contributed by atoms with Crippen LogP contribution in [0.1, 0.15) is 23.6 Å². The normalized spacial score (nSPS) is 15.6. The molecular formula is C24H33IN4O2. The summed E-state index contributed by atoms with van der Waals surface area (Å²) in [6.45, 7) is 8.79. The van der Waals surface area contributed by atoms with Gasteiger partial charge in [0, 0.05) is 38.3 Å². The lowest BCUT2D eigenvalue weighted by Crippen LogP contribution is -2.38. The second kappa shape index (κ2) is 12.1. The summed E-state index contributed by atoms with van der Waals surface area (Å²) in [6.07, 6.45) is 1.98. The topological polar surface area (TPSA) is 58.1 Å². The number of aliphatic imine (C=N–C) groups is 1. The first-order valence-electron chi connectivity index (χ1n) is 11.0. The molecule has 0 saturated carbocycles. The Morgan fingerprint density at radius 1 is 1.00 bits per heavy atom. The van der Waals surface area contributed by atoms with Crippen molar-refractivity contribution in [3.05, 3.63) is 59.2 Å². The van der Waals surface area contributed by atoms with Crippen LogP contribution in [0, 0.1) is 0 Å². The molecule has 0 aromatic heterocycles.